The van der Waals surface area contributed by atoms with Crippen molar-refractivity contribution in [3.8, 4) is 11.1 Å². The van der Waals surface area contributed by atoms with Crippen LogP contribution in [0, 0.1) is 11.3 Å². The van der Waals surface area contributed by atoms with E-state index in [0.29, 0.717) is 13.0 Å². The number of carbonyl (C=O) groups is 3. The second kappa shape index (κ2) is 8.78. The van der Waals surface area contributed by atoms with E-state index in [4.69, 9.17) is 4.74 Å². The molecule has 34 heavy (non-hydrogen) atoms. The molecule has 0 radical (unpaired) electrons. The molecule has 0 spiro atoms. The van der Waals surface area contributed by atoms with E-state index >= 15 is 0 Å². The monoisotopic (exact) mass is 464 g/mol. The molecule has 2 aromatic carbocycles. The van der Waals surface area contributed by atoms with E-state index in [9.17, 15) is 19.5 Å². The predicted molar refractivity (Wildman–Crippen MR) is 128 cm³/mol. The maximum atomic E-state index is 13.3. The van der Waals surface area contributed by atoms with Crippen molar-refractivity contribution in [2.75, 3.05) is 19.7 Å². The molecule has 7 nitrogen and oxygen atoms in total. The van der Waals surface area contributed by atoms with Gasteiger partial charge in [-0.2, -0.15) is 0 Å². The van der Waals surface area contributed by atoms with E-state index in [2.05, 4.69) is 29.6 Å². The van der Waals surface area contributed by atoms with Gasteiger partial charge in [0.25, 0.3) is 0 Å². The Morgan fingerprint density at radius 1 is 1.09 bits per heavy atom. The van der Waals surface area contributed by atoms with Crippen LogP contribution in [0.5, 0.6) is 0 Å². The van der Waals surface area contributed by atoms with Gasteiger partial charge in [-0.05, 0) is 41.0 Å². The van der Waals surface area contributed by atoms with Gasteiger partial charge in [0.1, 0.15) is 12.1 Å². The minimum atomic E-state index is -1.19. The SMILES string of the molecule is CCC(C)(NC(=O)OCC1c2ccccc2-c2ccccc21)C(=O)N1CC(C(=O)O)C(C)(C)C1. The fraction of sp³-hybridized carbons (Fsp3) is 0.444. The van der Waals surface area contributed by atoms with Crippen LogP contribution < -0.4 is 5.32 Å². The molecule has 2 atom stereocenters. The number of fused-ring (bicyclic) bond motifs is 3. The lowest BCUT2D eigenvalue weighted by atomic mass is 9.82. The summed E-state index contributed by atoms with van der Waals surface area (Å²) in [5.41, 5.74) is 2.79. The van der Waals surface area contributed by atoms with Gasteiger partial charge < -0.3 is 20.1 Å². The number of rotatable bonds is 6. The molecule has 2 unspecified atom stereocenters. The van der Waals surface area contributed by atoms with Gasteiger partial charge in [-0.3, -0.25) is 9.59 Å². The first kappa shape index (κ1) is 23.8. The molecule has 1 saturated heterocycles. The summed E-state index contributed by atoms with van der Waals surface area (Å²) >= 11 is 0. The summed E-state index contributed by atoms with van der Waals surface area (Å²) in [5, 5.41) is 12.3. The van der Waals surface area contributed by atoms with Crippen LogP contribution >= 0.6 is 0 Å². The summed E-state index contributed by atoms with van der Waals surface area (Å²) in [5.74, 6) is -1.92. The topological polar surface area (TPSA) is 95.9 Å². The average Bonchev–Trinajstić information content (AvgIpc) is 3.31. The van der Waals surface area contributed by atoms with Crippen molar-refractivity contribution in [1.82, 2.24) is 10.2 Å². The highest BCUT2D eigenvalue weighted by Gasteiger charge is 2.49. The molecular formula is C27H32N2O5. The van der Waals surface area contributed by atoms with Crippen LogP contribution in [-0.2, 0) is 14.3 Å². The number of carbonyl (C=O) groups excluding carboxylic acids is 2. The van der Waals surface area contributed by atoms with Crippen LogP contribution in [0.4, 0.5) is 4.79 Å². The van der Waals surface area contributed by atoms with Crippen LogP contribution in [0.3, 0.4) is 0 Å². The van der Waals surface area contributed by atoms with Crippen molar-refractivity contribution in [2.24, 2.45) is 11.3 Å². The Hall–Kier alpha value is -3.35. The number of carboxylic acids is 1. The van der Waals surface area contributed by atoms with Crippen LogP contribution in [0.15, 0.2) is 48.5 Å². The van der Waals surface area contributed by atoms with E-state index < -0.39 is 28.9 Å². The summed E-state index contributed by atoms with van der Waals surface area (Å²) in [4.78, 5) is 39.3. The second-order valence-corrected chi connectivity index (χ2v) is 10.2. The van der Waals surface area contributed by atoms with Gasteiger partial charge in [-0.1, -0.05) is 69.3 Å². The summed E-state index contributed by atoms with van der Waals surface area (Å²) in [6, 6.07) is 16.2. The molecule has 2 aliphatic rings. The van der Waals surface area contributed by atoms with Gasteiger partial charge in [0, 0.05) is 19.0 Å². The van der Waals surface area contributed by atoms with Gasteiger partial charge >= 0.3 is 12.1 Å². The number of carboxylic acid groups (broad SMARTS) is 1. The molecule has 1 heterocycles. The molecule has 1 aliphatic heterocycles. The Kier molecular flexibility index (Phi) is 6.14. The minimum Gasteiger partial charge on any atom is -0.481 e. The largest absolute Gasteiger partial charge is 0.481 e. The Labute approximate surface area is 200 Å². The van der Waals surface area contributed by atoms with Crippen LogP contribution in [0.25, 0.3) is 11.1 Å². The first-order chi connectivity index (χ1) is 16.1. The number of ether oxygens (including phenoxy) is 1. The lowest BCUT2D eigenvalue weighted by molar-refractivity contribution is -0.144. The lowest BCUT2D eigenvalue weighted by Gasteiger charge is -2.33. The summed E-state index contributed by atoms with van der Waals surface area (Å²) < 4.78 is 5.64. The van der Waals surface area contributed by atoms with Crippen molar-refractivity contribution < 1.29 is 24.2 Å². The zero-order chi connectivity index (χ0) is 24.7. The number of alkyl carbamates (subject to hydrolysis) is 1. The van der Waals surface area contributed by atoms with Gasteiger partial charge in [0.05, 0.1) is 5.92 Å². The highest BCUT2D eigenvalue weighted by molar-refractivity contribution is 5.90. The van der Waals surface area contributed by atoms with Crippen molar-refractivity contribution >= 4 is 18.0 Å². The predicted octanol–water partition coefficient (Wildman–Crippen LogP) is 4.26. The molecule has 2 aromatic rings. The van der Waals surface area contributed by atoms with Gasteiger partial charge in [-0.25, -0.2) is 4.79 Å². The number of nitrogens with one attached hydrogen (secondary N) is 1. The number of amides is 2. The Balaban J connectivity index is 1.44. The van der Waals surface area contributed by atoms with E-state index in [0.717, 1.165) is 22.3 Å². The quantitative estimate of drug-likeness (QED) is 0.666. The Morgan fingerprint density at radius 2 is 1.65 bits per heavy atom. The molecule has 2 N–H and O–H groups in total. The molecule has 1 aliphatic carbocycles. The molecule has 1 fully saturated rings. The van der Waals surface area contributed by atoms with Gasteiger partial charge in [0.2, 0.25) is 5.91 Å². The minimum absolute atomic E-state index is 0.0718. The van der Waals surface area contributed by atoms with Crippen molar-refractivity contribution in [3.05, 3.63) is 59.7 Å². The molecule has 180 valence electrons. The second-order valence-electron chi connectivity index (χ2n) is 10.2. The van der Waals surface area contributed by atoms with E-state index in [1.165, 1.54) is 0 Å². The average molecular weight is 465 g/mol. The van der Waals surface area contributed by atoms with Crippen molar-refractivity contribution in [3.63, 3.8) is 0 Å². The molecule has 0 bridgehead atoms. The summed E-state index contributed by atoms with van der Waals surface area (Å²) in [6.07, 6.45) is -0.308. The third kappa shape index (κ3) is 4.15. The van der Waals surface area contributed by atoms with E-state index in [-0.39, 0.29) is 25.0 Å². The Bertz CT molecular complexity index is 1080. The zero-order valence-corrected chi connectivity index (χ0v) is 20.1. The number of hydrogen-bond acceptors (Lipinski definition) is 4. The van der Waals surface area contributed by atoms with E-state index in [1.807, 2.05) is 45.0 Å². The molecular weight excluding hydrogens is 432 g/mol. The van der Waals surface area contributed by atoms with Gasteiger partial charge in [0.15, 0.2) is 0 Å². The molecule has 0 aromatic heterocycles. The fourth-order valence-electron chi connectivity index (χ4n) is 5.20. The van der Waals surface area contributed by atoms with Crippen LogP contribution in [0.1, 0.15) is 51.2 Å². The molecule has 2 amide bonds. The molecule has 4 rings (SSSR count). The Morgan fingerprint density at radius 3 is 2.15 bits per heavy atom. The van der Waals surface area contributed by atoms with Crippen LogP contribution in [-0.4, -0.2) is 53.2 Å². The van der Waals surface area contributed by atoms with E-state index in [1.54, 1.807) is 11.8 Å². The number of hydrogen-bond donors (Lipinski definition) is 2. The highest BCUT2D eigenvalue weighted by Crippen LogP contribution is 2.44. The third-order valence-corrected chi connectivity index (χ3v) is 7.43. The van der Waals surface area contributed by atoms with Crippen molar-refractivity contribution in [1.29, 1.82) is 0 Å². The summed E-state index contributed by atoms with van der Waals surface area (Å²) in [6.45, 7) is 7.79. The third-order valence-electron chi connectivity index (χ3n) is 7.43. The maximum absolute atomic E-state index is 13.3. The normalized spacial score (nSPS) is 20.2. The summed E-state index contributed by atoms with van der Waals surface area (Å²) in [7, 11) is 0. The number of benzene rings is 2. The molecule has 7 heteroatoms. The number of nitrogens with zero attached hydrogens (tertiary/aromatic N) is 1. The van der Waals surface area contributed by atoms with Crippen molar-refractivity contribution in [2.45, 2.75) is 45.6 Å². The standard InChI is InChI=1S/C27H32N2O5/c1-5-27(4,24(32)29-14-22(23(30)31)26(2,3)16-29)28-25(33)34-15-21-19-12-8-6-10-17(19)18-11-7-9-13-20(18)21/h6-13,21-22H,5,14-16H2,1-4H3,(H,28,33)(H,30,31). The van der Waals surface area contributed by atoms with Gasteiger partial charge in [-0.15, -0.1) is 0 Å². The first-order valence-corrected chi connectivity index (χ1v) is 11.7. The highest BCUT2D eigenvalue weighted by atomic mass is 16.5. The molecule has 0 saturated carbocycles. The first-order valence-electron chi connectivity index (χ1n) is 11.7. The smallest absolute Gasteiger partial charge is 0.408 e. The number of likely N-dealkylation sites (tertiary alicyclic amines) is 1. The fourth-order valence-corrected chi connectivity index (χ4v) is 5.20. The maximum Gasteiger partial charge on any atom is 0.408 e. The number of aliphatic carboxylic acids is 1. The zero-order valence-electron chi connectivity index (χ0n) is 20.1. The lowest BCUT2D eigenvalue weighted by Crippen LogP contribution is -2.57. The van der Waals surface area contributed by atoms with Crippen LogP contribution in [0.2, 0.25) is 0 Å².